The van der Waals surface area contributed by atoms with Crippen LogP contribution in [-0.2, 0) is 0 Å². The summed E-state index contributed by atoms with van der Waals surface area (Å²) in [7, 11) is 0. The van der Waals surface area contributed by atoms with Crippen LogP contribution in [0.15, 0.2) is 36.5 Å². The van der Waals surface area contributed by atoms with Crippen molar-refractivity contribution < 1.29 is 0 Å². The van der Waals surface area contributed by atoms with E-state index in [4.69, 9.17) is 0 Å². The predicted octanol–water partition coefficient (Wildman–Crippen LogP) is 5.04. The number of unbranched alkanes of at least 4 members (excludes halogenated alkanes) is 5. The molecule has 0 radical (unpaired) electrons. The van der Waals surface area contributed by atoms with Crippen LogP contribution in [0.5, 0.6) is 0 Å². The van der Waals surface area contributed by atoms with Crippen LogP contribution in [-0.4, -0.2) is 0 Å². The Morgan fingerprint density at radius 1 is 0.786 bits per heavy atom. The van der Waals surface area contributed by atoms with E-state index in [-0.39, 0.29) is 0 Å². The normalized spacial score (nSPS) is 12.4. The van der Waals surface area contributed by atoms with Crippen LogP contribution in [0.25, 0.3) is 0 Å². The number of hydrogen-bond donors (Lipinski definition) is 0. The molecule has 0 rings (SSSR count). The second-order valence-electron chi connectivity index (χ2n) is 3.54. The zero-order valence-electron chi connectivity index (χ0n) is 9.71. The average Bonchev–Trinajstić information content (AvgIpc) is 2.21. The maximum atomic E-state index is 2.26. The van der Waals surface area contributed by atoms with Crippen LogP contribution >= 0.6 is 0 Å². The minimum Gasteiger partial charge on any atom is -0.0877 e. The van der Waals surface area contributed by atoms with E-state index in [1.54, 1.807) is 0 Å². The Bertz CT molecular complexity index is 172. The average molecular weight is 192 g/mol. The lowest BCUT2D eigenvalue weighted by Crippen LogP contribution is -1.75. The summed E-state index contributed by atoms with van der Waals surface area (Å²) in [6, 6.07) is 0. The van der Waals surface area contributed by atoms with E-state index in [9.17, 15) is 0 Å². The summed E-state index contributed by atoms with van der Waals surface area (Å²) < 4.78 is 0. The van der Waals surface area contributed by atoms with E-state index < -0.39 is 0 Å². The molecule has 0 N–H and O–H groups in total. The summed E-state index contributed by atoms with van der Waals surface area (Å²) in [6.45, 7) is 4.29. The molecule has 0 aromatic carbocycles. The molecule has 0 heterocycles. The van der Waals surface area contributed by atoms with Gasteiger partial charge in [0, 0.05) is 0 Å². The van der Waals surface area contributed by atoms with Gasteiger partial charge in [0.1, 0.15) is 0 Å². The number of rotatable bonds is 8. The van der Waals surface area contributed by atoms with Gasteiger partial charge in [-0.2, -0.15) is 0 Å². The van der Waals surface area contributed by atoms with Crippen molar-refractivity contribution in [3.05, 3.63) is 36.5 Å². The van der Waals surface area contributed by atoms with Crippen LogP contribution in [0.4, 0.5) is 0 Å². The third kappa shape index (κ3) is 11.2. The van der Waals surface area contributed by atoms with E-state index in [2.05, 4.69) is 31.2 Å². The highest BCUT2D eigenvalue weighted by Crippen LogP contribution is 2.05. The Morgan fingerprint density at radius 3 is 2.21 bits per heavy atom. The third-order valence-corrected chi connectivity index (χ3v) is 2.14. The maximum Gasteiger partial charge on any atom is -0.0348 e. The first-order valence-corrected chi connectivity index (χ1v) is 5.86. The molecular formula is C14H24. The van der Waals surface area contributed by atoms with Crippen molar-refractivity contribution in [1.82, 2.24) is 0 Å². The van der Waals surface area contributed by atoms with Crippen LogP contribution in [0.2, 0.25) is 0 Å². The molecular weight excluding hydrogens is 168 g/mol. The van der Waals surface area contributed by atoms with Gasteiger partial charge >= 0.3 is 0 Å². The van der Waals surface area contributed by atoms with Gasteiger partial charge in [0.15, 0.2) is 0 Å². The SMILES string of the molecule is C/C=C/C=C/C=C/CCCCCCC. The van der Waals surface area contributed by atoms with Gasteiger partial charge in [-0.25, -0.2) is 0 Å². The van der Waals surface area contributed by atoms with Crippen molar-refractivity contribution in [1.29, 1.82) is 0 Å². The van der Waals surface area contributed by atoms with Crippen molar-refractivity contribution >= 4 is 0 Å². The van der Waals surface area contributed by atoms with Crippen LogP contribution in [0.3, 0.4) is 0 Å². The van der Waals surface area contributed by atoms with Crippen molar-refractivity contribution in [2.75, 3.05) is 0 Å². The number of hydrogen-bond acceptors (Lipinski definition) is 0. The fraction of sp³-hybridized carbons (Fsp3) is 0.571. The van der Waals surface area contributed by atoms with Gasteiger partial charge in [-0.15, -0.1) is 0 Å². The van der Waals surface area contributed by atoms with E-state index >= 15 is 0 Å². The highest BCUT2D eigenvalue weighted by Gasteiger charge is 1.85. The minimum absolute atomic E-state index is 1.23. The highest BCUT2D eigenvalue weighted by molar-refractivity contribution is 5.10. The van der Waals surface area contributed by atoms with Crippen LogP contribution in [0, 0.1) is 0 Å². The van der Waals surface area contributed by atoms with Gasteiger partial charge in [-0.3, -0.25) is 0 Å². The number of allylic oxidation sites excluding steroid dienone is 6. The molecule has 0 spiro atoms. The topological polar surface area (TPSA) is 0 Å². The fourth-order valence-corrected chi connectivity index (χ4v) is 1.28. The van der Waals surface area contributed by atoms with Crippen molar-refractivity contribution in [2.45, 2.75) is 52.4 Å². The van der Waals surface area contributed by atoms with Gasteiger partial charge in [0.05, 0.1) is 0 Å². The summed E-state index contributed by atoms with van der Waals surface area (Å²) in [5.74, 6) is 0. The lowest BCUT2D eigenvalue weighted by molar-refractivity contribution is 0.637. The lowest BCUT2D eigenvalue weighted by atomic mass is 10.1. The summed E-state index contributed by atoms with van der Waals surface area (Å²) in [5.41, 5.74) is 0. The highest BCUT2D eigenvalue weighted by atomic mass is 13.9. The lowest BCUT2D eigenvalue weighted by Gasteiger charge is -1.95. The first kappa shape index (κ1) is 13.2. The summed E-state index contributed by atoms with van der Waals surface area (Å²) in [4.78, 5) is 0. The first-order chi connectivity index (χ1) is 6.91. The Morgan fingerprint density at radius 2 is 1.50 bits per heavy atom. The van der Waals surface area contributed by atoms with E-state index in [1.807, 2.05) is 19.1 Å². The fourth-order valence-electron chi connectivity index (χ4n) is 1.28. The maximum absolute atomic E-state index is 2.26. The van der Waals surface area contributed by atoms with Crippen molar-refractivity contribution in [2.24, 2.45) is 0 Å². The zero-order chi connectivity index (χ0) is 10.5. The van der Waals surface area contributed by atoms with Gasteiger partial charge in [0.25, 0.3) is 0 Å². The molecule has 0 atom stereocenters. The van der Waals surface area contributed by atoms with Crippen LogP contribution in [0.1, 0.15) is 52.4 Å². The van der Waals surface area contributed by atoms with Gasteiger partial charge in [-0.1, -0.05) is 69.1 Å². The molecule has 0 nitrogen and oxygen atoms in total. The Balaban J connectivity index is 3.18. The summed E-state index contributed by atoms with van der Waals surface area (Å²) >= 11 is 0. The van der Waals surface area contributed by atoms with E-state index in [1.165, 1.54) is 38.5 Å². The van der Waals surface area contributed by atoms with E-state index in [0.29, 0.717) is 0 Å². The Kier molecular flexibility index (Phi) is 11.5. The minimum atomic E-state index is 1.23. The molecule has 14 heavy (non-hydrogen) atoms. The molecule has 0 bridgehead atoms. The molecule has 0 aromatic heterocycles. The third-order valence-electron chi connectivity index (χ3n) is 2.14. The molecule has 0 aliphatic carbocycles. The quantitative estimate of drug-likeness (QED) is 0.373. The smallest absolute Gasteiger partial charge is 0.0348 e. The van der Waals surface area contributed by atoms with Gasteiger partial charge < -0.3 is 0 Å². The monoisotopic (exact) mass is 192 g/mol. The molecule has 0 saturated carbocycles. The first-order valence-electron chi connectivity index (χ1n) is 5.86. The molecule has 0 unspecified atom stereocenters. The predicted molar refractivity (Wildman–Crippen MR) is 66.5 cm³/mol. The Labute approximate surface area is 89.4 Å². The molecule has 0 aliphatic rings. The molecule has 0 heteroatoms. The largest absolute Gasteiger partial charge is 0.0877 e. The van der Waals surface area contributed by atoms with Crippen LogP contribution < -0.4 is 0 Å². The van der Waals surface area contributed by atoms with Gasteiger partial charge in [0.2, 0.25) is 0 Å². The standard InChI is InChI=1S/C14H24/c1-3-5-7-9-11-13-14-12-10-8-6-4-2/h3,5,7,9,11,13H,4,6,8,10,12,14H2,1-2H3/b5-3+,9-7+,13-11+. The molecule has 0 aromatic rings. The molecule has 0 amide bonds. The van der Waals surface area contributed by atoms with Crippen molar-refractivity contribution in [3.63, 3.8) is 0 Å². The molecule has 0 fully saturated rings. The summed E-state index contributed by atoms with van der Waals surface area (Å²) in [5, 5.41) is 0. The second kappa shape index (κ2) is 12.2. The Hall–Kier alpha value is -0.780. The van der Waals surface area contributed by atoms with E-state index in [0.717, 1.165) is 0 Å². The molecule has 0 aliphatic heterocycles. The van der Waals surface area contributed by atoms with Crippen molar-refractivity contribution in [3.8, 4) is 0 Å². The zero-order valence-corrected chi connectivity index (χ0v) is 9.71. The van der Waals surface area contributed by atoms with Gasteiger partial charge in [-0.05, 0) is 19.8 Å². The second-order valence-corrected chi connectivity index (χ2v) is 3.54. The molecule has 80 valence electrons. The summed E-state index contributed by atoms with van der Waals surface area (Å²) in [6.07, 6.45) is 20.7. The molecule has 0 saturated heterocycles.